The van der Waals surface area contributed by atoms with Crippen molar-refractivity contribution >= 4 is 33.2 Å². The van der Waals surface area contributed by atoms with Gasteiger partial charge in [-0.2, -0.15) is 0 Å². The fourth-order valence-electron chi connectivity index (χ4n) is 2.97. The van der Waals surface area contributed by atoms with Crippen molar-refractivity contribution in [2.45, 2.75) is 18.2 Å². The van der Waals surface area contributed by atoms with Gasteiger partial charge >= 0.3 is 0 Å². The van der Waals surface area contributed by atoms with E-state index in [1.807, 2.05) is 19.1 Å². The van der Waals surface area contributed by atoms with Crippen molar-refractivity contribution in [1.29, 1.82) is 0 Å². The van der Waals surface area contributed by atoms with E-state index in [0.717, 1.165) is 21.5 Å². The number of nitrogens with zero attached hydrogens (tertiary/aromatic N) is 1. The molecule has 8 heteroatoms. The summed E-state index contributed by atoms with van der Waals surface area (Å²) < 4.78 is 41.7. The molecule has 0 fully saturated rings. The molecule has 0 saturated heterocycles. The monoisotopic (exact) mass is 460 g/mol. The molecule has 0 spiro atoms. The van der Waals surface area contributed by atoms with Gasteiger partial charge in [0.15, 0.2) is 0 Å². The maximum Gasteiger partial charge on any atom is 0.264 e. The molecule has 162 valence electrons. The quantitative estimate of drug-likeness (QED) is 0.543. The van der Waals surface area contributed by atoms with Crippen LogP contribution in [0.25, 0.3) is 0 Å². The standard InChI is InChI=1S/C23H22ClFN2O3S/c1-17-6-12-20(13-7-17)31(29,30)27(22-5-3-2-4-21(22)25)16-23(28)26-15-14-18-8-10-19(24)11-9-18/h2-13H,14-16H2,1H3,(H,26,28). The molecule has 0 bridgehead atoms. The summed E-state index contributed by atoms with van der Waals surface area (Å²) in [6, 6.07) is 18.9. The van der Waals surface area contributed by atoms with E-state index >= 15 is 0 Å². The molecule has 3 rings (SSSR count). The molecule has 0 aliphatic carbocycles. The van der Waals surface area contributed by atoms with E-state index in [1.54, 1.807) is 24.3 Å². The maximum atomic E-state index is 14.5. The Morgan fingerprint density at radius 1 is 1.00 bits per heavy atom. The lowest BCUT2D eigenvalue weighted by Gasteiger charge is -2.24. The van der Waals surface area contributed by atoms with Gasteiger partial charge in [-0.05, 0) is 55.3 Å². The van der Waals surface area contributed by atoms with Gasteiger partial charge in [0, 0.05) is 11.6 Å². The van der Waals surface area contributed by atoms with Crippen LogP contribution < -0.4 is 9.62 Å². The Hall–Kier alpha value is -2.90. The highest BCUT2D eigenvalue weighted by Gasteiger charge is 2.29. The summed E-state index contributed by atoms with van der Waals surface area (Å²) in [5, 5.41) is 3.32. The van der Waals surface area contributed by atoms with Crippen LogP contribution in [0.1, 0.15) is 11.1 Å². The first kappa shape index (κ1) is 22.8. The van der Waals surface area contributed by atoms with Gasteiger partial charge in [0.1, 0.15) is 12.4 Å². The van der Waals surface area contributed by atoms with Gasteiger partial charge < -0.3 is 5.32 Å². The second kappa shape index (κ2) is 9.94. The van der Waals surface area contributed by atoms with Crippen molar-refractivity contribution in [3.05, 3.63) is 94.8 Å². The van der Waals surface area contributed by atoms with Crippen LogP contribution in [0.4, 0.5) is 10.1 Å². The molecule has 3 aromatic carbocycles. The third kappa shape index (κ3) is 5.83. The molecule has 1 amide bonds. The number of anilines is 1. The van der Waals surface area contributed by atoms with Crippen LogP contribution in [0.2, 0.25) is 5.02 Å². The predicted octanol–water partition coefficient (Wildman–Crippen LogP) is 4.34. The lowest BCUT2D eigenvalue weighted by molar-refractivity contribution is -0.119. The summed E-state index contributed by atoms with van der Waals surface area (Å²) in [6.07, 6.45) is 0.549. The van der Waals surface area contributed by atoms with Gasteiger partial charge in [0.05, 0.1) is 10.6 Å². The minimum Gasteiger partial charge on any atom is -0.354 e. The number of hydrogen-bond acceptors (Lipinski definition) is 3. The number of hydrogen-bond donors (Lipinski definition) is 1. The van der Waals surface area contributed by atoms with E-state index < -0.39 is 28.3 Å². The number of carbonyl (C=O) groups excluding carboxylic acids is 1. The van der Waals surface area contributed by atoms with Crippen LogP contribution >= 0.6 is 11.6 Å². The van der Waals surface area contributed by atoms with Gasteiger partial charge in [0.25, 0.3) is 10.0 Å². The molecule has 0 heterocycles. The third-order valence-electron chi connectivity index (χ3n) is 4.67. The molecule has 5 nitrogen and oxygen atoms in total. The molecule has 0 saturated carbocycles. The molecule has 3 aromatic rings. The lowest BCUT2D eigenvalue weighted by Crippen LogP contribution is -2.41. The number of amides is 1. The van der Waals surface area contributed by atoms with Crippen LogP contribution in [-0.4, -0.2) is 27.4 Å². The van der Waals surface area contributed by atoms with Gasteiger partial charge in [-0.1, -0.05) is 53.6 Å². The van der Waals surface area contributed by atoms with Crippen molar-refractivity contribution in [2.75, 3.05) is 17.4 Å². The van der Waals surface area contributed by atoms with Gasteiger partial charge in [-0.15, -0.1) is 0 Å². The first-order chi connectivity index (χ1) is 14.8. The Kier molecular flexibility index (Phi) is 7.30. The number of para-hydroxylation sites is 1. The van der Waals surface area contributed by atoms with Crippen molar-refractivity contribution in [2.24, 2.45) is 0 Å². The van der Waals surface area contributed by atoms with E-state index in [1.165, 1.54) is 30.3 Å². The summed E-state index contributed by atoms with van der Waals surface area (Å²) in [6.45, 7) is 1.59. The first-order valence-electron chi connectivity index (χ1n) is 9.62. The third-order valence-corrected chi connectivity index (χ3v) is 6.69. The zero-order valence-corrected chi connectivity index (χ0v) is 18.5. The minimum atomic E-state index is -4.15. The number of sulfonamides is 1. The van der Waals surface area contributed by atoms with Gasteiger partial charge in [0.2, 0.25) is 5.91 Å². The van der Waals surface area contributed by atoms with Crippen molar-refractivity contribution in [3.63, 3.8) is 0 Å². The second-order valence-electron chi connectivity index (χ2n) is 7.00. The van der Waals surface area contributed by atoms with Crippen LogP contribution in [0.15, 0.2) is 77.7 Å². The summed E-state index contributed by atoms with van der Waals surface area (Å²) in [5.41, 5.74) is 1.68. The summed E-state index contributed by atoms with van der Waals surface area (Å²) in [4.78, 5) is 12.5. The number of rotatable bonds is 8. The Bertz CT molecular complexity index is 1150. The maximum absolute atomic E-state index is 14.5. The number of aryl methyl sites for hydroxylation is 1. The lowest BCUT2D eigenvalue weighted by atomic mass is 10.1. The molecular weight excluding hydrogens is 439 g/mol. The van der Waals surface area contributed by atoms with E-state index in [0.29, 0.717) is 18.0 Å². The van der Waals surface area contributed by atoms with Crippen LogP contribution in [0.5, 0.6) is 0 Å². The number of carbonyl (C=O) groups is 1. The minimum absolute atomic E-state index is 0.0182. The SMILES string of the molecule is Cc1ccc(S(=O)(=O)N(CC(=O)NCCc2ccc(Cl)cc2)c2ccccc2F)cc1. The average Bonchev–Trinajstić information content (AvgIpc) is 2.74. The first-order valence-corrected chi connectivity index (χ1v) is 11.4. The molecule has 0 radical (unpaired) electrons. The molecule has 0 aliphatic heterocycles. The molecule has 31 heavy (non-hydrogen) atoms. The number of halogens is 2. The Labute approximate surface area is 186 Å². The smallest absolute Gasteiger partial charge is 0.264 e. The molecule has 0 atom stereocenters. The van der Waals surface area contributed by atoms with E-state index in [-0.39, 0.29) is 10.6 Å². The number of nitrogens with one attached hydrogen (secondary N) is 1. The predicted molar refractivity (Wildman–Crippen MR) is 120 cm³/mol. The van der Waals surface area contributed by atoms with Crippen LogP contribution in [0.3, 0.4) is 0 Å². The second-order valence-corrected chi connectivity index (χ2v) is 9.30. The molecule has 1 N–H and O–H groups in total. The van der Waals surface area contributed by atoms with Crippen LogP contribution in [-0.2, 0) is 21.2 Å². The molecule has 0 unspecified atom stereocenters. The van der Waals surface area contributed by atoms with E-state index in [9.17, 15) is 17.6 Å². The highest BCUT2D eigenvalue weighted by Crippen LogP contribution is 2.26. The van der Waals surface area contributed by atoms with Crippen LogP contribution in [0, 0.1) is 12.7 Å². The highest BCUT2D eigenvalue weighted by molar-refractivity contribution is 7.92. The zero-order valence-electron chi connectivity index (χ0n) is 16.9. The Morgan fingerprint density at radius 2 is 1.65 bits per heavy atom. The van der Waals surface area contributed by atoms with E-state index in [4.69, 9.17) is 11.6 Å². The fourth-order valence-corrected chi connectivity index (χ4v) is 4.53. The van der Waals surface area contributed by atoms with Crippen molar-refractivity contribution in [1.82, 2.24) is 5.32 Å². The summed E-state index contributed by atoms with van der Waals surface area (Å²) in [5.74, 6) is -1.26. The highest BCUT2D eigenvalue weighted by atomic mass is 35.5. The zero-order chi connectivity index (χ0) is 22.4. The molecule has 0 aliphatic rings. The summed E-state index contributed by atoms with van der Waals surface area (Å²) in [7, 11) is -4.15. The molecule has 0 aromatic heterocycles. The largest absolute Gasteiger partial charge is 0.354 e. The fraction of sp³-hybridized carbons (Fsp3) is 0.174. The van der Waals surface area contributed by atoms with Gasteiger partial charge in [-0.3, -0.25) is 9.10 Å². The van der Waals surface area contributed by atoms with Crippen molar-refractivity contribution in [3.8, 4) is 0 Å². The normalized spacial score (nSPS) is 11.2. The topological polar surface area (TPSA) is 66.5 Å². The Balaban J connectivity index is 1.78. The van der Waals surface area contributed by atoms with Crippen molar-refractivity contribution < 1.29 is 17.6 Å². The van der Waals surface area contributed by atoms with Gasteiger partial charge in [-0.25, -0.2) is 12.8 Å². The van der Waals surface area contributed by atoms with E-state index in [2.05, 4.69) is 5.32 Å². The number of benzene rings is 3. The Morgan fingerprint density at radius 3 is 2.29 bits per heavy atom. The molecular formula is C23H22ClFN2O3S. The summed E-state index contributed by atoms with van der Waals surface area (Å²) >= 11 is 5.86. The average molecular weight is 461 g/mol.